The number of likely N-dealkylation sites (N-methyl/N-ethyl adjacent to an activating group) is 1. The first-order valence-electron chi connectivity index (χ1n) is 7.84. The van der Waals surface area contributed by atoms with Crippen LogP contribution >= 0.6 is 11.3 Å². The molecule has 0 bridgehead atoms. The third-order valence-electron chi connectivity index (χ3n) is 4.68. The molecule has 0 radical (unpaired) electrons. The number of piperazine rings is 1. The Morgan fingerprint density at radius 3 is 2.86 bits per heavy atom. The number of nitrogens with two attached hydrogens (primary N) is 1. The summed E-state index contributed by atoms with van der Waals surface area (Å²) in [6.45, 7) is 7.47. The minimum atomic E-state index is 0.652. The molecule has 3 nitrogen and oxygen atoms in total. The molecule has 1 aliphatic rings. The summed E-state index contributed by atoms with van der Waals surface area (Å²) in [5, 5.41) is 1.40. The maximum Gasteiger partial charge on any atom is 0.0349 e. The topological polar surface area (TPSA) is 32.5 Å². The van der Waals surface area contributed by atoms with Crippen molar-refractivity contribution in [2.24, 2.45) is 5.73 Å². The fourth-order valence-electron chi connectivity index (χ4n) is 3.31. The van der Waals surface area contributed by atoms with E-state index >= 15 is 0 Å². The zero-order valence-corrected chi connectivity index (χ0v) is 13.8. The summed E-state index contributed by atoms with van der Waals surface area (Å²) in [5.74, 6) is 0. The van der Waals surface area contributed by atoms with E-state index in [-0.39, 0.29) is 0 Å². The Morgan fingerprint density at radius 2 is 2.10 bits per heavy atom. The molecule has 2 N–H and O–H groups in total. The Labute approximate surface area is 131 Å². The first-order chi connectivity index (χ1) is 10.2. The van der Waals surface area contributed by atoms with Crippen molar-refractivity contribution in [2.75, 3.05) is 26.7 Å². The Balaban J connectivity index is 1.84. The molecule has 0 amide bonds. The highest BCUT2D eigenvalue weighted by molar-refractivity contribution is 7.19. The van der Waals surface area contributed by atoms with Gasteiger partial charge in [0.25, 0.3) is 0 Å². The van der Waals surface area contributed by atoms with Crippen LogP contribution in [0.3, 0.4) is 0 Å². The van der Waals surface area contributed by atoms with Gasteiger partial charge in [-0.2, -0.15) is 0 Å². The van der Waals surface area contributed by atoms with E-state index in [2.05, 4.69) is 48.0 Å². The second kappa shape index (κ2) is 6.44. The van der Waals surface area contributed by atoms with Crippen molar-refractivity contribution in [3.8, 4) is 0 Å². The number of fused-ring (bicyclic) bond motifs is 1. The quantitative estimate of drug-likeness (QED) is 0.942. The molecule has 0 saturated carbocycles. The Bertz CT molecular complexity index is 607. The third kappa shape index (κ3) is 2.99. The van der Waals surface area contributed by atoms with Gasteiger partial charge in [0.1, 0.15) is 0 Å². The van der Waals surface area contributed by atoms with E-state index in [1.807, 2.05) is 11.3 Å². The molecule has 1 aromatic heterocycles. The van der Waals surface area contributed by atoms with E-state index < -0.39 is 0 Å². The first kappa shape index (κ1) is 15.0. The van der Waals surface area contributed by atoms with E-state index in [4.69, 9.17) is 5.73 Å². The number of hydrogen-bond donors (Lipinski definition) is 1. The second-order valence-electron chi connectivity index (χ2n) is 5.98. The van der Waals surface area contributed by atoms with Crippen molar-refractivity contribution in [3.63, 3.8) is 0 Å². The van der Waals surface area contributed by atoms with Crippen LogP contribution in [-0.2, 0) is 13.1 Å². The van der Waals surface area contributed by atoms with Crippen molar-refractivity contribution < 1.29 is 0 Å². The molecule has 3 rings (SSSR count). The van der Waals surface area contributed by atoms with Gasteiger partial charge in [0.05, 0.1) is 0 Å². The lowest BCUT2D eigenvalue weighted by atomic mass is 10.1. The molecule has 2 heterocycles. The molecule has 21 heavy (non-hydrogen) atoms. The maximum absolute atomic E-state index is 5.98. The van der Waals surface area contributed by atoms with E-state index in [0.717, 1.165) is 13.1 Å². The first-order valence-corrected chi connectivity index (χ1v) is 8.66. The van der Waals surface area contributed by atoms with Crippen LogP contribution in [0.4, 0.5) is 0 Å². The van der Waals surface area contributed by atoms with Crippen LogP contribution in [0.25, 0.3) is 10.1 Å². The van der Waals surface area contributed by atoms with Crippen LogP contribution in [0.2, 0.25) is 0 Å². The van der Waals surface area contributed by atoms with Gasteiger partial charge < -0.3 is 10.6 Å². The summed E-state index contributed by atoms with van der Waals surface area (Å²) >= 11 is 1.86. The molecule has 0 spiro atoms. The SMILES string of the molecule is CCC1CN(Cc2c(CN)sc3ccccc23)CCN1C. The minimum Gasteiger partial charge on any atom is -0.326 e. The molecular formula is C17H25N3S. The molecule has 1 atom stereocenters. The average Bonchev–Trinajstić information content (AvgIpc) is 2.87. The van der Waals surface area contributed by atoms with Crippen molar-refractivity contribution in [1.82, 2.24) is 9.80 Å². The van der Waals surface area contributed by atoms with Crippen molar-refractivity contribution in [1.29, 1.82) is 0 Å². The molecule has 1 unspecified atom stereocenters. The highest BCUT2D eigenvalue weighted by Gasteiger charge is 2.24. The Kier molecular flexibility index (Phi) is 4.60. The van der Waals surface area contributed by atoms with Gasteiger partial charge in [-0.3, -0.25) is 4.90 Å². The summed E-state index contributed by atoms with van der Waals surface area (Å²) in [4.78, 5) is 6.44. The molecule has 4 heteroatoms. The average molecular weight is 303 g/mol. The molecule has 1 fully saturated rings. The summed E-state index contributed by atoms with van der Waals surface area (Å²) < 4.78 is 1.37. The summed E-state index contributed by atoms with van der Waals surface area (Å²) in [7, 11) is 2.25. The van der Waals surface area contributed by atoms with Crippen LogP contribution in [0.15, 0.2) is 24.3 Å². The van der Waals surface area contributed by atoms with E-state index in [1.165, 1.54) is 40.0 Å². The number of nitrogens with zero attached hydrogens (tertiary/aromatic N) is 2. The van der Waals surface area contributed by atoms with Gasteiger partial charge in [0.2, 0.25) is 0 Å². The Morgan fingerprint density at radius 1 is 1.29 bits per heavy atom. The van der Waals surface area contributed by atoms with Crippen LogP contribution in [0.1, 0.15) is 23.8 Å². The van der Waals surface area contributed by atoms with E-state index in [9.17, 15) is 0 Å². The standard InChI is InChI=1S/C17H25N3S/c1-3-13-11-20(9-8-19(13)2)12-15-14-6-4-5-7-16(14)21-17(15)10-18/h4-7,13H,3,8-12,18H2,1-2H3. The zero-order valence-electron chi connectivity index (χ0n) is 13.0. The fraction of sp³-hybridized carbons (Fsp3) is 0.529. The van der Waals surface area contributed by atoms with Gasteiger partial charge >= 0.3 is 0 Å². The van der Waals surface area contributed by atoms with E-state index in [0.29, 0.717) is 12.6 Å². The van der Waals surface area contributed by atoms with Crippen LogP contribution in [0.5, 0.6) is 0 Å². The van der Waals surface area contributed by atoms with Gasteiger partial charge in [0.15, 0.2) is 0 Å². The smallest absolute Gasteiger partial charge is 0.0349 e. The molecule has 1 saturated heterocycles. The predicted octanol–water partition coefficient (Wildman–Crippen LogP) is 2.89. The van der Waals surface area contributed by atoms with Gasteiger partial charge in [-0.15, -0.1) is 11.3 Å². The third-order valence-corrected chi connectivity index (χ3v) is 5.92. The lowest BCUT2D eigenvalue weighted by Gasteiger charge is -2.39. The largest absolute Gasteiger partial charge is 0.326 e. The molecule has 2 aromatic rings. The highest BCUT2D eigenvalue weighted by Crippen LogP contribution is 2.32. The molecule has 114 valence electrons. The monoisotopic (exact) mass is 303 g/mol. The molecule has 0 aliphatic carbocycles. The lowest BCUT2D eigenvalue weighted by Crippen LogP contribution is -2.50. The summed E-state index contributed by atoms with van der Waals surface area (Å²) in [6, 6.07) is 9.39. The van der Waals surface area contributed by atoms with Crippen LogP contribution in [0, 0.1) is 0 Å². The van der Waals surface area contributed by atoms with Crippen molar-refractivity contribution in [3.05, 3.63) is 34.7 Å². The number of hydrogen-bond acceptors (Lipinski definition) is 4. The maximum atomic E-state index is 5.98. The number of benzene rings is 1. The van der Waals surface area contributed by atoms with E-state index in [1.54, 1.807) is 0 Å². The second-order valence-corrected chi connectivity index (χ2v) is 7.12. The lowest BCUT2D eigenvalue weighted by molar-refractivity contribution is 0.0886. The predicted molar refractivity (Wildman–Crippen MR) is 91.7 cm³/mol. The fourth-order valence-corrected chi connectivity index (χ4v) is 4.40. The Hall–Kier alpha value is -0.940. The highest BCUT2D eigenvalue weighted by atomic mass is 32.1. The van der Waals surface area contributed by atoms with Gasteiger partial charge in [0, 0.05) is 48.3 Å². The molecular weight excluding hydrogens is 278 g/mol. The van der Waals surface area contributed by atoms with Crippen molar-refractivity contribution in [2.45, 2.75) is 32.5 Å². The van der Waals surface area contributed by atoms with Crippen molar-refractivity contribution >= 4 is 21.4 Å². The minimum absolute atomic E-state index is 0.652. The number of rotatable bonds is 4. The number of thiophene rings is 1. The summed E-state index contributed by atoms with van der Waals surface area (Å²) in [6.07, 6.45) is 1.22. The van der Waals surface area contributed by atoms with Crippen LogP contribution < -0.4 is 5.73 Å². The zero-order chi connectivity index (χ0) is 14.8. The molecule has 1 aliphatic heterocycles. The molecule has 1 aromatic carbocycles. The van der Waals surface area contributed by atoms with Gasteiger partial charge in [-0.05, 0) is 30.5 Å². The normalized spacial score (nSPS) is 21.2. The van der Waals surface area contributed by atoms with Crippen LogP contribution in [-0.4, -0.2) is 42.5 Å². The van der Waals surface area contributed by atoms with Gasteiger partial charge in [-0.1, -0.05) is 25.1 Å². The van der Waals surface area contributed by atoms with Gasteiger partial charge in [-0.25, -0.2) is 0 Å². The summed E-state index contributed by atoms with van der Waals surface area (Å²) in [5.41, 5.74) is 7.43.